The largest absolute Gasteiger partial charge is 0.379 e. The molecular weight excluding hydrogens is 374 g/mol. The van der Waals surface area contributed by atoms with Crippen molar-refractivity contribution in [2.45, 2.75) is 19.9 Å². The molecule has 1 rings (SSSR count). The van der Waals surface area contributed by atoms with Crippen molar-refractivity contribution < 1.29 is 9.53 Å². The van der Waals surface area contributed by atoms with Crippen molar-refractivity contribution in [2.24, 2.45) is 0 Å². The number of nitrogens with zero attached hydrogens (tertiary/aromatic N) is 1. The second-order valence-electron chi connectivity index (χ2n) is 4.37. The summed E-state index contributed by atoms with van der Waals surface area (Å²) in [6.45, 7) is 5.85. The number of carbonyl (C=O) groups excluding carboxylic acids is 1. The number of benzene rings is 1. The number of hydrogen-bond acceptors (Lipinski definition) is 2. The van der Waals surface area contributed by atoms with Crippen molar-refractivity contribution in [1.29, 1.82) is 0 Å². The number of amides is 1. The Morgan fingerprint density at radius 3 is 2.58 bits per heavy atom. The van der Waals surface area contributed by atoms with E-state index in [0.29, 0.717) is 25.3 Å². The fourth-order valence-electron chi connectivity index (χ4n) is 1.70. The molecule has 1 amide bonds. The van der Waals surface area contributed by atoms with Crippen LogP contribution in [0.2, 0.25) is 0 Å². The Morgan fingerprint density at radius 1 is 1.32 bits per heavy atom. The molecule has 1 aromatic rings. The van der Waals surface area contributed by atoms with Crippen LogP contribution >= 0.6 is 31.9 Å². The van der Waals surface area contributed by atoms with Crippen molar-refractivity contribution in [2.75, 3.05) is 25.1 Å². The molecular formula is C14H19Br2NO2. The van der Waals surface area contributed by atoms with E-state index < -0.39 is 0 Å². The highest BCUT2D eigenvalue weighted by atomic mass is 79.9. The van der Waals surface area contributed by atoms with Crippen molar-refractivity contribution in [3.63, 3.8) is 0 Å². The highest BCUT2D eigenvalue weighted by Crippen LogP contribution is 2.18. The summed E-state index contributed by atoms with van der Waals surface area (Å²) >= 11 is 6.73. The summed E-state index contributed by atoms with van der Waals surface area (Å²) in [6, 6.07) is 7.64. The standard InChI is InChI=1S/C14H19Br2NO2/c1-11(2)17(8-10-19-9-7-15)14(18)12-5-3-4-6-13(12)16/h3-6,11H,7-10H2,1-2H3. The molecule has 0 atom stereocenters. The number of ether oxygens (including phenoxy) is 1. The second-order valence-corrected chi connectivity index (χ2v) is 6.02. The third kappa shape index (κ3) is 5.24. The van der Waals surface area contributed by atoms with Crippen LogP contribution in [0, 0.1) is 0 Å². The fraction of sp³-hybridized carbons (Fsp3) is 0.500. The number of hydrogen-bond donors (Lipinski definition) is 0. The van der Waals surface area contributed by atoms with Gasteiger partial charge in [0.05, 0.1) is 18.8 Å². The van der Waals surface area contributed by atoms with Crippen LogP contribution in [0.3, 0.4) is 0 Å². The van der Waals surface area contributed by atoms with Gasteiger partial charge in [0.2, 0.25) is 0 Å². The molecule has 0 N–H and O–H groups in total. The van der Waals surface area contributed by atoms with Crippen LogP contribution in [0.5, 0.6) is 0 Å². The van der Waals surface area contributed by atoms with Gasteiger partial charge in [-0.2, -0.15) is 0 Å². The molecule has 5 heteroatoms. The Morgan fingerprint density at radius 2 is 2.00 bits per heavy atom. The summed E-state index contributed by atoms with van der Waals surface area (Å²) in [5, 5.41) is 0.812. The van der Waals surface area contributed by atoms with Gasteiger partial charge in [0.25, 0.3) is 5.91 Å². The molecule has 1 aromatic carbocycles. The quantitative estimate of drug-likeness (QED) is 0.522. The molecule has 0 fully saturated rings. The molecule has 106 valence electrons. The third-order valence-electron chi connectivity index (χ3n) is 2.69. The van der Waals surface area contributed by atoms with Gasteiger partial charge in [-0.05, 0) is 41.9 Å². The summed E-state index contributed by atoms with van der Waals surface area (Å²) in [5.41, 5.74) is 0.691. The first kappa shape index (κ1) is 16.7. The van der Waals surface area contributed by atoms with Crippen molar-refractivity contribution in [3.8, 4) is 0 Å². The Labute approximate surface area is 131 Å². The SMILES string of the molecule is CC(C)N(CCOCCBr)C(=O)c1ccccc1Br. The summed E-state index contributed by atoms with van der Waals surface area (Å²) in [4.78, 5) is 14.3. The molecule has 0 aromatic heterocycles. The van der Waals surface area contributed by atoms with E-state index in [0.717, 1.165) is 9.80 Å². The van der Waals surface area contributed by atoms with Crippen LogP contribution in [-0.2, 0) is 4.74 Å². The van der Waals surface area contributed by atoms with Crippen LogP contribution in [0.25, 0.3) is 0 Å². The lowest BCUT2D eigenvalue weighted by Gasteiger charge is -2.27. The number of carbonyl (C=O) groups is 1. The number of halogens is 2. The van der Waals surface area contributed by atoms with Gasteiger partial charge in [0.1, 0.15) is 0 Å². The molecule has 0 unspecified atom stereocenters. The molecule has 0 aliphatic rings. The van der Waals surface area contributed by atoms with Crippen molar-refractivity contribution >= 4 is 37.8 Å². The Balaban J connectivity index is 2.71. The maximum atomic E-state index is 12.5. The summed E-state index contributed by atoms with van der Waals surface area (Å²) < 4.78 is 6.25. The minimum absolute atomic E-state index is 0.0323. The van der Waals surface area contributed by atoms with E-state index in [1.807, 2.05) is 43.0 Å². The average Bonchev–Trinajstić information content (AvgIpc) is 2.38. The zero-order chi connectivity index (χ0) is 14.3. The molecule has 0 bridgehead atoms. The van der Waals surface area contributed by atoms with Gasteiger partial charge in [0, 0.05) is 22.4 Å². The molecule has 0 saturated carbocycles. The fourth-order valence-corrected chi connectivity index (χ4v) is 2.39. The highest BCUT2D eigenvalue weighted by molar-refractivity contribution is 9.10. The molecule has 0 aliphatic heterocycles. The maximum Gasteiger partial charge on any atom is 0.255 e. The van der Waals surface area contributed by atoms with Gasteiger partial charge in [-0.3, -0.25) is 4.79 Å². The first-order valence-corrected chi connectivity index (χ1v) is 8.18. The lowest BCUT2D eigenvalue weighted by molar-refractivity contribution is 0.0596. The smallest absolute Gasteiger partial charge is 0.255 e. The van der Waals surface area contributed by atoms with Gasteiger partial charge in [-0.15, -0.1) is 0 Å². The number of alkyl halides is 1. The average molecular weight is 393 g/mol. The molecule has 19 heavy (non-hydrogen) atoms. The molecule has 0 heterocycles. The summed E-state index contributed by atoms with van der Waals surface area (Å²) in [6.07, 6.45) is 0. The lowest BCUT2D eigenvalue weighted by Crippen LogP contribution is -2.39. The van der Waals surface area contributed by atoms with E-state index in [4.69, 9.17) is 4.74 Å². The monoisotopic (exact) mass is 391 g/mol. The molecule has 0 spiro atoms. The van der Waals surface area contributed by atoms with Gasteiger partial charge >= 0.3 is 0 Å². The first-order chi connectivity index (χ1) is 9.07. The Bertz CT molecular complexity index is 410. The minimum Gasteiger partial charge on any atom is -0.379 e. The van der Waals surface area contributed by atoms with Crippen LogP contribution in [0.15, 0.2) is 28.7 Å². The van der Waals surface area contributed by atoms with Crippen LogP contribution in [0.4, 0.5) is 0 Å². The normalized spacial score (nSPS) is 10.8. The van der Waals surface area contributed by atoms with Crippen molar-refractivity contribution in [1.82, 2.24) is 4.90 Å². The van der Waals surface area contributed by atoms with Crippen LogP contribution in [-0.4, -0.2) is 41.9 Å². The third-order valence-corrected chi connectivity index (χ3v) is 3.70. The Kier molecular flexibility index (Phi) is 7.64. The molecule has 0 saturated heterocycles. The topological polar surface area (TPSA) is 29.5 Å². The maximum absolute atomic E-state index is 12.5. The molecule has 0 aliphatic carbocycles. The lowest BCUT2D eigenvalue weighted by atomic mass is 10.1. The zero-order valence-corrected chi connectivity index (χ0v) is 14.4. The van der Waals surface area contributed by atoms with E-state index in [1.54, 1.807) is 0 Å². The van der Waals surface area contributed by atoms with E-state index in [1.165, 1.54) is 0 Å². The van der Waals surface area contributed by atoms with Crippen molar-refractivity contribution in [3.05, 3.63) is 34.3 Å². The van der Waals surface area contributed by atoms with E-state index in [-0.39, 0.29) is 11.9 Å². The predicted molar refractivity (Wildman–Crippen MR) is 84.9 cm³/mol. The highest BCUT2D eigenvalue weighted by Gasteiger charge is 2.20. The van der Waals surface area contributed by atoms with Gasteiger partial charge in [-0.1, -0.05) is 28.1 Å². The predicted octanol–water partition coefficient (Wildman–Crippen LogP) is 3.71. The van der Waals surface area contributed by atoms with Crippen LogP contribution < -0.4 is 0 Å². The van der Waals surface area contributed by atoms with Gasteiger partial charge in [0.15, 0.2) is 0 Å². The van der Waals surface area contributed by atoms with E-state index >= 15 is 0 Å². The first-order valence-electron chi connectivity index (χ1n) is 6.27. The second kappa shape index (κ2) is 8.72. The zero-order valence-electron chi connectivity index (χ0n) is 11.2. The van der Waals surface area contributed by atoms with Gasteiger partial charge < -0.3 is 9.64 Å². The van der Waals surface area contributed by atoms with E-state index in [2.05, 4.69) is 31.9 Å². The summed E-state index contributed by atoms with van der Waals surface area (Å²) in [7, 11) is 0. The van der Waals surface area contributed by atoms with Gasteiger partial charge in [-0.25, -0.2) is 0 Å². The minimum atomic E-state index is 0.0323. The van der Waals surface area contributed by atoms with Crippen LogP contribution in [0.1, 0.15) is 24.2 Å². The number of rotatable bonds is 7. The van der Waals surface area contributed by atoms with E-state index in [9.17, 15) is 4.79 Å². The molecule has 0 radical (unpaired) electrons. The Hall–Kier alpha value is -0.390. The molecule has 3 nitrogen and oxygen atoms in total. The summed E-state index contributed by atoms with van der Waals surface area (Å²) in [5.74, 6) is 0.0323.